The summed E-state index contributed by atoms with van der Waals surface area (Å²) in [6.07, 6.45) is 4.53. The van der Waals surface area contributed by atoms with Crippen LogP contribution in [0.5, 0.6) is 5.75 Å². The molecule has 0 aliphatic rings. The number of imidazole rings is 1. The van der Waals surface area contributed by atoms with Crippen molar-refractivity contribution in [1.29, 1.82) is 0 Å². The zero-order valence-electron chi connectivity index (χ0n) is 17.6. The molecule has 0 saturated heterocycles. The molecule has 6 nitrogen and oxygen atoms in total. The predicted molar refractivity (Wildman–Crippen MR) is 130 cm³/mol. The Hall–Kier alpha value is -3.84. The van der Waals surface area contributed by atoms with Gasteiger partial charge in [0.25, 0.3) is 0 Å². The zero-order chi connectivity index (χ0) is 21.9. The Kier molecular flexibility index (Phi) is 5.47. The first-order valence-corrected chi connectivity index (χ1v) is 11.3. The lowest BCUT2D eigenvalue weighted by Crippen LogP contribution is -2.16. The predicted octanol–water partition coefficient (Wildman–Crippen LogP) is 5.32. The van der Waals surface area contributed by atoms with Crippen molar-refractivity contribution >= 4 is 28.1 Å². The number of aromatic amines is 2. The second kappa shape index (κ2) is 8.72. The van der Waals surface area contributed by atoms with Crippen LogP contribution in [-0.4, -0.2) is 27.9 Å². The van der Waals surface area contributed by atoms with E-state index in [9.17, 15) is 0 Å². The van der Waals surface area contributed by atoms with Crippen molar-refractivity contribution in [2.75, 3.05) is 7.11 Å². The topological polar surface area (TPSA) is 92.1 Å². The number of aliphatic imine (C=N–C) groups is 1. The molecular weight excluding hydrogens is 418 g/mol. The van der Waals surface area contributed by atoms with Crippen molar-refractivity contribution in [2.45, 2.75) is 12.5 Å². The molecule has 0 aliphatic carbocycles. The zero-order valence-corrected chi connectivity index (χ0v) is 18.4. The Morgan fingerprint density at radius 3 is 2.84 bits per heavy atom. The minimum Gasteiger partial charge on any atom is -0.496 e. The fraction of sp³-hybridized carbons (Fsp3) is 0.120. The number of para-hydroxylation sites is 2. The van der Waals surface area contributed by atoms with Gasteiger partial charge in [0, 0.05) is 40.0 Å². The number of hydrogen-bond donors (Lipinski definition) is 3. The number of aromatic nitrogens is 3. The molecule has 0 saturated carbocycles. The quantitative estimate of drug-likeness (QED) is 0.236. The third-order valence-corrected chi connectivity index (χ3v) is 6.19. The van der Waals surface area contributed by atoms with E-state index >= 15 is 0 Å². The molecule has 4 N–H and O–H groups in total. The highest BCUT2D eigenvalue weighted by molar-refractivity contribution is 7.08. The van der Waals surface area contributed by atoms with E-state index in [4.69, 9.17) is 15.5 Å². The van der Waals surface area contributed by atoms with E-state index in [0.717, 1.165) is 33.9 Å². The molecular formula is C25H23N5OS. The molecule has 160 valence electrons. The summed E-state index contributed by atoms with van der Waals surface area (Å²) in [6, 6.07) is 17.9. The number of fused-ring (bicyclic) bond motifs is 1. The number of nitrogens with one attached hydrogen (secondary N) is 2. The van der Waals surface area contributed by atoms with Crippen LogP contribution in [0.15, 0.2) is 82.7 Å². The van der Waals surface area contributed by atoms with E-state index in [2.05, 4.69) is 27.1 Å². The van der Waals surface area contributed by atoms with Gasteiger partial charge in [-0.15, -0.1) is 0 Å². The summed E-state index contributed by atoms with van der Waals surface area (Å²) in [6.45, 7) is 0. The number of nitrogens with zero attached hydrogens (tertiary/aromatic N) is 2. The maximum atomic E-state index is 6.37. The minimum atomic E-state index is -0.266. The van der Waals surface area contributed by atoms with Gasteiger partial charge < -0.3 is 20.4 Å². The van der Waals surface area contributed by atoms with E-state index in [1.165, 1.54) is 10.9 Å². The number of thiophene rings is 1. The van der Waals surface area contributed by atoms with Crippen molar-refractivity contribution in [1.82, 2.24) is 15.0 Å². The van der Waals surface area contributed by atoms with Gasteiger partial charge in [-0.1, -0.05) is 30.3 Å². The molecule has 0 amide bonds. The molecule has 0 spiro atoms. The normalized spacial score (nSPS) is 12.8. The fourth-order valence-corrected chi connectivity index (χ4v) is 4.52. The van der Waals surface area contributed by atoms with Crippen LogP contribution in [0.1, 0.15) is 23.0 Å². The standard InChI is InChI=1S/C25H23N5OS/c1-31-23-9-5-3-7-19(23)22-14-28-25(30-22)21(29-24(26)16-10-11-32-15-16)12-17-13-27-20-8-4-2-6-18(17)20/h2-11,13-15,21,27H,12H2,1H3,(H2,26,29)(H,28,30)/t21-/m1/s1. The van der Waals surface area contributed by atoms with Gasteiger partial charge in [-0.3, -0.25) is 4.99 Å². The monoisotopic (exact) mass is 441 g/mol. The van der Waals surface area contributed by atoms with Crippen molar-refractivity contribution < 1.29 is 4.74 Å². The second-order valence-corrected chi connectivity index (χ2v) is 8.27. The largest absolute Gasteiger partial charge is 0.496 e. The van der Waals surface area contributed by atoms with Crippen LogP contribution in [0, 0.1) is 0 Å². The van der Waals surface area contributed by atoms with Gasteiger partial charge in [0.2, 0.25) is 0 Å². The first kappa shape index (κ1) is 20.1. The molecule has 5 rings (SSSR count). The van der Waals surface area contributed by atoms with Gasteiger partial charge in [0.15, 0.2) is 0 Å². The van der Waals surface area contributed by atoms with Crippen molar-refractivity contribution in [3.8, 4) is 17.0 Å². The summed E-state index contributed by atoms with van der Waals surface area (Å²) in [5.74, 6) is 2.05. The number of H-pyrrole nitrogens is 2. The van der Waals surface area contributed by atoms with Crippen molar-refractivity contribution in [3.05, 3.63) is 94.7 Å². The highest BCUT2D eigenvalue weighted by Gasteiger charge is 2.19. The molecule has 2 aromatic carbocycles. The van der Waals surface area contributed by atoms with E-state index < -0.39 is 0 Å². The Balaban J connectivity index is 1.54. The van der Waals surface area contributed by atoms with Crippen LogP contribution in [0.4, 0.5) is 0 Å². The number of rotatable bonds is 7. The first-order valence-electron chi connectivity index (χ1n) is 10.3. The SMILES string of the molecule is COc1ccccc1-c1cnc([C@@H](Cc2c[nH]c3ccccc23)N=C(N)c2ccsc2)[nH]1. The first-order chi connectivity index (χ1) is 15.7. The van der Waals surface area contributed by atoms with Crippen LogP contribution in [0.3, 0.4) is 0 Å². The van der Waals surface area contributed by atoms with Crippen LogP contribution in [0.25, 0.3) is 22.2 Å². The number of benzene rings is 2. The maximum absolute atomic E-state index is 6.37. The van der Waals surface area contributed by atoms with E-state index in [0.29, 0.717) is 12.3 Å². The lowest BCUT2D eigenvalue weighted by molar-refractivity contribution is 0.416. The smallest absolute Gasteiger partial charge is 0.131 e. The Bertz CT molecular complexity index is 1370. The van der Waals surface area contributed by atoms with Crippen LogP contribution >= 0.6 is 11.3 Å². The number of nitrogens with two attached hydrogens (primary N) is 1. The number of methoxy groups -OCH3 is 1. The van der Waals surface area contributed by atoms with Gasteiger partial charge in [0.1, 0.15) is 23.5 Å². The lowest BCUT2D eigenvalue weighted by Gasteiger charge is -2.12. The summed E-state index contributed by atoms with van der Waals surface area (Å²) in [4.78, 5) is 16.4. The van der Waals surface area contributed by atoms with Gasteiger partial charge in [0.05, 0.1) is 19.0 Å². The molecule has 5 aromatic rings. The van der Waals surface area contributed by atoms with E-state index in [1.54, 1.807) is 18.4 Å². The average Bonchev–Trinajstić information content (AvgIpc) is 3.60. The van der Waals surface area contributed by atoms with Gasteiger partial charge in [-0.05, 0) is 35.2 Å². The highest BCUT2D eigenvalue weighted by atomic mass is 32.1. The van der Waals surface area contributed by atoms with Crippen LogP contribution < -0.4 is 10.5 Å². The molecule has 0 bridgehead atoms. The van der Waals surface area contributed by atoms with E-state index in [-0.39, 0.29) is 6.04 Å². The van der Waals surface area contributed by atoms with Gasteiger partial charge >= 0.3 is 0 Å². The van der Waals surface area contributed by atoms with Gasteiger partial charge in [-0.25, -0.2) is 4.98 Å². The third kappa shape index (κ3) is 3.90. The highest BCUT2D eigenvalue weighted by Crippen LogP contribution is 2.31. The third-order valence-electron chi connectivity index (χ3n) is 5.51. The number of amidine groups is 1. The van der Waals surface area contributed by atoms with Crippen molar-refractivity contribution in [2.24, 2.45) is 10.7 Å². The molecule has 3 heterocycles. The lowest BCUT2D eigenvalue weighted by atomic mass is 10.0. The molecule has 32 heavy (non-hydrogen) atoms. The van der Waals surface area contributed by atoms with E-state index in [1.807, 2.05) is 65.6 Å². The van der Waals surface area contributed by atoms with Crippen molar-refractivity contribution in [3.63, 3.8) is 0 Å². The Morgan fingerprint density at radius 2 is 2.00 bits per heavy atom. The van der Waals surface area contributed by atoms with Gasteiger partial charge in [-0.2, -0.15) is 11.3 Å². The fourth-order valence-electron chi connectivity index (χ4n) is 3.87. The molecule has 0 aliphatic heterocycles. The molecule has 3 aromatic heterocycles. The molecule has 1 atom stereocenters. The summed E-state index contributed by atoms with van der Waals surface area (Å²) >= 11 is 1.60. The molecule has 7 heteroatoms. The Morgan fingerprint density at radius 1 is 1.16 bits per heavy atom. The summed E-state index contributed by atoms with van der Waals surface area (Å²) < 4.78 is 5.52. The summed E-state index contributed by atoms with van der Waals surface area (Å²) in [7, 11) is 1.67. The maximum Gasteiger partial charge on any atom is 0.131 e. The Labute approximate surface area is 189 Å². The number of ether oxygens (including phenoxy) is 1. The molecule has 0 unspecified atom stereocenters. The van der Waals surface area contributed by atoms with Crippen LogP contribution in [-0.2, 0) is 6.42 Å². The second-order valence-electron chi connectivity index (χ2n) is 7.49. The molecule has 0 fully saturated rings. The minimum absolute atomic E-state index is 0.266. The summed E-state index contributed by atoms with van der Waals surface area (Å²) in [5, 5.41) is 5.18. The summed E-state index contributed by atoms with van der Waals surface area (Å²) in [5.41, 5.74) is 11.4. The molecule has 0 radical (unpaired) electrons. The number of hydrogen-bond acceptors (Lipinski definition) is 4. The van der Waals surface area contributed by atoms with Crippen LogP contribution in [0.2, 0.25) is 0 Å². The average molecular weight is 442 g/mol.